The van der Waals surface area contributed by atoms with Gasteiger partial charge in [-0.2, -0.15) is 13.2 Å². The molecule has 0 aromatic rings. The van der Waals surface area contributed by atoms with Crippen molar-refractivity contribution in [3.8, 4) is 0 Å². The van der Waals surface area contributed by atoms with E-state index in [0.717, 1.165) is 26.0 Å². The minimum Gasteiger partial charge on any atom is -0.467 e. The third kappa shape index (κ3) is 5.12. The number of methoxy groups -OCH3 is 1. The fraction of sp³-hybridized carbons (Fsp3) is 0.688. The van der Waals surface area contributed by atoms with Crippen molar-refractivity contribution in [1.82, 2.24) is 10.2 Å². The maximum atomic E-state index is 13.9. The molecule has 1 heterocycles. The van der Waals surface area contributed by atoms with Crippen molar-refractivity contribution >= 4 is 17.8 Å². The lowest BCUT2D eigenvalue weighted by Crippen LogP contribution is -2.65. The number of nitrogens with one attached hydrogen (secondary N) is 1. The highest BCUT2D eigenvalue weighted by Gasteiger charge is 2.63. The summed E-state index contributed by atoms with van der Waals surface area (Å²) in [5.74, 6) is -2.16. The maximum Gasteiger partial charge on any atom is 0.422 e. The third-order valence-electron chi connectivity index (χ3n) is 3.94. The van der Waals surface area contributed by atoms with Crippen molar-refractivity contribution in [3.05, 3.63) is 11.8 Å². The van der Waals surface area contributed by atoms with E-state index < -0.39 is 36.0 Å². The number of ether oxygens (including phenoxy) is 2. The van der Waals surface area contributed by atoms with Gasteiger partial charge in [-0.15, -0.1) is 0 Å². The number of carbonyl (C=O) groups is 3. The summed E-state index contributed by atoms with van der Waals surface area (Å²) >= 11 is 0. The molecule has 26 heavy (non-hydrogen) atoms. The second-order valence-electron chi connectivity index (χ2n) is 5.86. The number of esters is 1. The van der Waals surface area contributed by atoms with Gasteiger partial charge in [0.2, 0.25) is 5.54 Å². The van der Waals surface area contributed by atoms with Crippen LogP contribution < -0.4 is 5.32 Å². The molecular formula is C16H23F3N2O5. The van der Waals surface area contributed by atoms with Gasteiger partial charge in [0, 0.05) is 31.3 Å². The molecule has 10 heteroatoms. The van der Waals surface area contributed by atoms with Crippen LogP contribution in [-0.4, -0.2) is 61.3 Å². The molecule has 1 unspecified atom stereocenters. The number of hydrogen-bond acceptors (Lipinski definition) is 6. The van der Waals surface area contributed by atoms with Gasteiger partial charge in [0.25, 0.3) is 0 Å². The molecule has 1 aliphatic heterocycles. The predicted octanol–water partition coefficient (Wildman–Crippen LogP) is 2.17. The SMILES string of the molecule is CCOC(=O)NC(C/C(=C/C(C)=O)N1CCCC1)(C(=O)OC)C(F)(F)F. The fourth-order valence-electron chi connectivity index (χ4n) is 2.73. The van der Waals surface area contributed by atoms with E-state index in [2.05, 4.69) is 9.47 Å². The first-order valence-electron chi connectivity index (χ1n) is 8.13. The van der Waals surface area contributed by atoms with Crippen LogP contribution >= 0.6 is 0 Å². The van der Waals surface area contributed by atoms with Crippen molar-refractivity contribution < 1.29 is 37.0 Å². The second kappa shape index (κ2) is 8.91. The molecule has 0 bridgehead atoms. The zero-order valence-electron chi connectivity index (χ0n) is 14.9. The van der Waals surface area contributed by atoms with E-state index in [0.29, 0.717) is 13.1 Å². The summed E-state index contributed by atoms with van der Waals surface area (Å²) < 4.78 is 50.5. The number of nitrogens with zero attached hydrogens (tertiary/aromatic N) is 1. The molecule has 1 amide bonds. The molecule has 1 atom stereocenters. The molecule has 1 rings (SSSR count). The lowest BCUT2D eigenvalue weighted by Gasteiger charge is -2.36. The van der Waals surface area contributed by atoms with Crippen LogP contribution in [0.2, 0.25) is 0 Å². The fourth-order valence-corrected chi connectivity index (χ4v) is 2.73. The second-order valence-corrected chi connectivity index (χ2v) is 5.86. The van der Waals surface area contributed by atoms with Gasteiger partial charge in [-0.3, -0.25) is 10.1 Å². The summed E-state index contributed by atoms with van der Waals surface area (Å²) in [6.07, 6.45) is -5.01. The molecule has 148 valence electrons. The minimum absolute atomic E-state index is 0.00882. The van der Waals surface area contributed by atoms with E-state index in [1.54, 1.807) is 10.2 Å². The van der Waals surface area contributed by atoms with Gasteiger partial charge in [-0.25, -0.2) is 9.59 Å². The zero-order chi connectivity index (χ0) is 20.0. The van der Waals surface area contributed by atoms with E-state index in [1.807, 2.05) is 0 Å². The molecule has 0 radical (unpaired) electrons. The van der Waals surface area contributed by atoms with E-state index in [4.69, 9.17) is 0 Å². The molecule has 1 N–H and O–H groups in total. The van der Waals surface area contributed by atoms with Crippen LogP contribution in [-0.2, 0) is 19.1 Å². The Hall–Kier alpha value is -2.26. The average Bonchev–Trinajstić information content (AvgIpc) is 3.05. The molecular weight excluding hydrogens is 357 g/mol. The number of alkyl carbamates (subject to hydrolysis) is 1. The molecule has 1 saturated heterocycles. The number of rotatable bonds is 7. The highest BCUT2D eigenvalue weighted by molar-refractivity contribution is 5.89. The molecule has 1 fully saturated rings. The number of halogens is 3. The zero-order valence-corrected chi connectivity index (χ0v) is 14.9. The van der Waals surface area contributed by atoms with Crippen molar-refractivity contribution in [3.63, 3.8) is 0 Å². The summed E-state index contributed by atoms with van der Waals surface area (Å²) in [5, 5.41) is 1.61. The molecule has 1 aliphatic rings. The van der Waals surface area contributed by atoms with Crippen LogP contribution in [0, 0.1) is 0 Å². The Bertz CT molecular complexity index is 571. The smallest absolute Gasteiger partial charge is 0.422 e. The highest BCUT2D eigenvalue weighted by atomic mass is 19.4. The Kier molecular flexibility index (Phi) is 7.46. The predicted molar refractivity (Wildman–Crippen MR) is 85.1 cm³/mol. The third-order valence-corrected chi connectivity index (χ3v) is 3.94. The van der Waals surface area contributed by atoms with Gasteiger partial charge in [0.15, 0.2) is 5.78 Å². The van der Waals surface area contributed by atoms with Crippen molar-refractivity contribution in [2.45, 2.75) is 44.8 Å². The Morgan fingerprint density at radius 3 is 2.19 bits per heavy atom. The van der Waals surface area contributed by atoms with Gasteiger partial charge in [0.05, 0.1) is 13.7 Å². The van der Waals surface area contributed by atoms with E-state index in [-0.39, 0.29) is 12.3 Å². The van der Waals surface area contributed by atoms with Crippen LogP contribution in [0.4, 0.5) is 18.0 Å². The van der Waals surface area contributed by atoms with Crippen LogP contribution in [0.5, 0.6) is 0 Å². The lowest BCUT2D eigenvalue weighted by molar-refractivity contribution is -0.211. The number of carbonyl (C=O) groups excluding carboxylic acids is 3. The number of alkyl halides is 3. The summed E-state index contributed by atoms with van der Waals surface area (Å²) in [5.41, 5.74) is -3.35. The number of hydrogen-bond donors (Lipinski definition) is 1. The first kappa shape index (κ1) is 21.8. The number of ketones is 1. The summed E-state index contributed by atoms with van der Waals surface area (Å²) in [4.78, 5) is 36.9. The largest absolute Gasteiger partial charge is 0.467 e. The summed E-state index contributed by atoms with van der Waals surface area (Å²) in [6, 6.07) is 0. The van der Waals surface area contributed by atoms with E-state index in [1.165, 1.54) is 13.8 Å². The van der Waals surface area contributed by atoms with Crippen molar-refractivity contribution in [1.29, 1.82) is 0 Å². The standard InChI is InChI=1S/C16H23F3N2O5/c1-4-26-14(24)20-15(13(23)25-3,16(17,18)19)10-12(9-11(2)22)21-7-5-6-8-21/h9H,4-8,10H2,1-3H3,(H,20,24)/b12-9-. The molecule has 0 spiro atoms. The van der Waals surface area contributed by atoms with Gasteiger partial charge < -0.3 is 14.4 Å². The number of likely N-dealkylation sites (tertiary alicyclic amines) is 1. The maximum absolute atomic E-state index is 13.9. The van der Waals surface area contributed by atoms with Gasteiger partial charge in [-0.1, -0.05) is 0 Å². The molecule has 7 nitrogen and oxygen atoms in total. The molecule has 0 aromatic heterocycles. The average molecular weight is 380 g/mol. The minimum atomic E-state index is -5.18. The number of amides is 1. The van der Waals surface area contributed by atoms with Crippen molar-refractivity contribution in [2.24, 2.45) is 0 Å². The Balaban J connectivity index is 3.37. The van der Waals surface area contributed by atoms with Crippen molar-refractivity contribution in [2.75, 3.05) is 26.8 Å². The lowest BCUT2D eigenvalue weighted by atomic mass is 9.91. The van der Waals surface area contributed by atoms with Gasteiger partial charge >= 0.3 is 18.2 Å². The number of allylic oxidation sites excluding steroid dienone is 1. The van der Waals surface area contributed by atoms with E-state index >= 15 is 0 Å². The normalized spacial score (nSPS) is 17.5. The van der Waals surface area contributed by atoms with Crippen LogP contribution in [0.1, 0.15) is 33.1 Å². The summed E-state index contributed by atoms with van der Waals surface area (Å²) in [7, 11) is 0.792. The van der Waals surface area contributed by atoms with Gasteiger partial charge in [0.1, 0.15) is 0 Å². The highest BCUT2D eigenvalue weighted by Crippen LogP contribution is 2.38. The topological polar surface area (TPSA) is 84.9 Å². The van der Waals surface area contributed by atoms with Crippen LogP contribution in [0.15, 0.2) is 11.8 Å². The Morgan fingerprint density at radius 2 is 1.77 bits per heavy atom. The monoisotopic (exact) mass is 380 g/mol. The van der Waals surface area contributed by atoms with E-state index in [9.17, 15) is 27.6 Å². The van der Waals surface area contributed by atoms with Crippen LogP contribution in [0.25, 0.3) is 0 Å². The molecule has 0 saturated carbocycles. The first-order valence-corrected chi connectivity index (χ1v) is 8.13. The van der Waals surface area contributed by atoms with Gasteiger partial charge in [-0.05, 0) is 26.7 Å². The first-order chi connectivity index (χ1) is 12.1. The Morgan fingerprint density at radius 1 is 1.19 bits per heavy atom. The molecule has 0 aliphatic carbocycles. The quantitative estimate of drug-likeness (QED) is 0.538. The molecule has 0 aromatic carbocycles. The Labute approximate surface area is 149 Å². The summed E-state index contributed by atoms with van der Waals surface area (Å²) in [6.45, 7) is 3.34. The van der Waals surface area contributed by atoms with Crippen LogP contribution in [0.3, 0.4) is 0 Å².